The fraction of sp³-hybridized carbons (Fsp3) is 0.333. The summed E-state index contributed by atoms with van der Waals surface area (Å²) in [6.07, 6.45) is 2.70. The second-order valence-corrected chi connectivity index (χ2v) is 8.34. The number of carbonyl (C=O) groups excluding carboxylic acids is 1. The number of aromatic nitrogens is 5. The lowest BCUT2D eigenvalue weighted by Crippen LogP contribution is -2.50. The van der Waals surface area contributed by atoms with Crippen LogP contribution in [0.4, 0.5) is 17.6 Å². The number of nitrogens with zero attached hydrogens (tertiary/aromatic N) is 6. The summed E-state index contributed by atoms with van der Waals surface area (Å²) in [6, 6.07) is 15.9. The first kappa shape index (κ1) is 21.0. The highest BCUT2D eigenvalue weighted by atomic mass is 16.2. The molecule has 4 aromatic rings. The zero-order valence-corrected chi connectivity index (χ0v) is 18.9. The van der Waals surface area contributed by atoms with Gasteiger partial charge in [-0.3, -0.25) is 9.89 Å². The lowest BCUT2D eigenvalue weighted by Gasteiger charge is -2.36. The normalized spacial score (nSPS) is 15.1. The predicted octanol–water partition coefficient (Wildman–Crippen LogP) is 3.35. The number of fused-ring (bicyclic) bond motifs is 1. The summed E-state index contributed by atoms with van der Waals surface area (Å²) >= 11 is 0. The topological polar surface area (TPSA) is 94.5 Å². The van der Waals surface area contributed by atoms with E-state index in [-0.39, 0.29) is 11.8 Å². The minimum Gasteiger partial charge on any atom is -0.339 e. The van der Waals surface area contributed by atoms with Gasteiger partial charge >= 0.3 is 0 Å². The van der Waals surface area contributed by atoms with Crippen LogP contribution in [-0.4, -0.2) is 61.8 Å². The molecule has 33 heavy (non-hydrogen) atoms. The Kier molecular flexibility index (Phi) is 5.68. The molecule has 1 atom stereocenters. The number of aromatic amines is 1. The van der Waals surface area contributed by atoms with Crippen molar-refractivity contribution in [1.29, 1.82) is 0 Å². The lowest BCUT2D eigenvalue weighted by atomic mass is 9.95. The summed E-state index contributed by atoms with van der Waals surface area (Å²) < 4.78 is 1.82. The number of amides is 1. The standard InChI is InChI=1S/C24H28N8O/c1-3-19(18-8-5-4-6-9-18)23(33)30-12-14-31(15-13-30)24-26-22(20-10-7-11-32(20)29-24)25-21-16-17(2)27-28-21/h4-11,16,19H,3,12-15H2,1-2H3,(H2,25,26,27,28,29)/t19-/m1/s1. The smallest absolute Gasteiger partial charge is 0.245 e. The Balaban J connectivity index is 1.31. The quantitative estimate of drug-likeness (QED) is 0.474. The van der Waals surface area contributed by atoms with Crippen LogP contribution in [0.25, 0.3) is 5.52 Å². The van der Waals surface area contributed by atoms with Gasteiger partial charge in [-0.1, -0.05) is 37.3 Å². The van der Waals surface area contributed by atoms with Crippen LogP contribution in [0.3, 0.4) is 0 Å². The summed E-state index contributed by atoms with van der Waals surface area (Å²) in [5.41, 5.74) is 2.93. The third-order valence-electron chi connectivity index (χ3n) is 6.11. The molecule has 4 heterocycles. The zero-order valence-electron chi connectivity index (χ0n) is 18.9. The maximum atomic E-state index is 13.2. The number of anilines is 3. The highest BCUT2D eigenvalue weighted by Gasteiger charge is 2.28. The third kappa shape index (κ3) is 4.26. The Morgan fingerprint density at radius 2 is 1.91 bits per heavy atom. The fourth-order valence-electron chi connectivity index (χ4n) is 4.34. The number of hydrogen-bond acceptors (Lipinski definition) is 6. The molecule has 1 aliphatic rings. The van der Waals surface area contributed by atoms with E-state index in [1.165, 1.54) is 0 Å². The molecule has 3 aromatic heterocycles. The molecule has 9 heteroatoms. The number of benzene rings is 1. The first-order valence-corrected chi connectivity index (χ1v) is 11.4. The van der Waals surface area contributed by atoms with E-state index in [1.807, 2.05) is 71.1 Å². The lowest BCUT2D eigenvalue weighted by molar-refractivity contribution is -0.133. The molecule has 1 aromatic carbocycles. The van der Waals surface area contributed by atoms with Crippen molar-refractivity contribution in [2.75, 3.05) is 36.4 Å². The van der Waals surface area contributed by atoms with E-state index in [1.54, 1.807) is 0 Å². The van der Waals surface area contributed by atoms with Gasteiger partial charge in [0.05, 0.1) is 5.92 Å². The van der Waals surface area contributed by atoms with E-state index >= 15 is 0 Å². The van der Waals surface area contributed by atoms with Crippen molar-refractivity contribution in [3.05, 3.63) is 66.0 Å². The zero-order chi connectivity index (χ0) is 22.8. The van der Waals surface area contributed by atoms with Gasteiger partial charge in [0.25, 0.3) is 0 Å². The van der Waals surface area contributed by atoms with Crippen molar-refractivity contribution < 1.29 is 4.79 Å². The van der Waals surface area contributed by atoms with Gasteiger partial charge in [-0.05, 0) is 31.0 Å². The Morgan fingerprint density at radius 1 is 1.12 bits per heavy atom. The average molecular weight is 445 g/mol. The maximum absolute atomic E-state index is 13.2. The number of carbonyl (C=O) groups is 1. The molecule has 0 spiro atoms. The molecular formula is C24H28N8O. The predicted molar refractivity (Wildman–Crippen MR) is 128 cm³/mol. The number of rotatable bonds is 6. The van der Waals surface area contributed by atoms with Crippen molar-refractivity contribution in [3.63, 3.8) is 0 Å². The number of hydrogen-bond donors (Lipinski definition) is 2. The van der Waals surface area contributed by atoms with Crippen LogP contribution in [-0.2, 0) is 4.79 Å². The minimum atomic E-state index is -0.0988. The number of piperazine rings is 1. The van der Waals surface area contributed by atoms with E-state index in [9.17, 15) is 4.79 Å². The molecular weight excluding hydrogens is 416 g/mol. The molecule has 0 radical (unpaired) electrons. The van der Waals surface area contributed by atoms with Crippen LogP contribution in [0.15, 0.2) is 54.7 Å². The first-order valence-electron chi connectivity index (χ1n) is 11.4. The summed E-state index contributed by atoms with van der Waals surface area (Å²) in [4.78, 5) is 22.1. The summed E-state index contributed by atoms with van der Waals surface area (Å²) in [5, 5.41) is 15.2. The van der Waals surface area contributed by atoms with Gasteiger partial charge in [-0.2, -0.15) is 10.1 Å². The molecule has 0 bridgehead atoms. The van der Waals surface area contributed by atoms with E-state index < -0.39 is 0 Å². The van der Waals surface area contributed by atoms with Crippen molar-refractivity contribution in [3.8, 4) is 0 Å². The Labute approximate surface area is 192 Å². The Hall–Kier alpha value is -3.88. The van der Waals surface area contributed by atoms with Gasteiger partial charge in [0.15, 0.2) is 11.6 Å². The van der Waals surface area contributed by atoms with Crippen molar-refractivity contribution >= 4 is 29.0 Å². The minimum absolute atomic E-state index is 0.0988. The number of nitrogens with one attached hydrogen (secondary N) is 2. The van der Waals surface area contributed by atoms with Crippen LogP contribution >= 0.6 is 0 Å². The summed E-state index contributed by atoms with van der Waals surface area (Å²) in [5.74, 6) is 2.14. The van der Waals surface area contributed by atoms with E-state index in [4.69, 9.17) is 10.1 Å². The second kappa shape index (κ2) is 8.93. The average Bonchev–Trinajstić information content (AvgIpc) is 3.49. The first-order chi connectivity index (χ1) is 16.1. The maximum Gasteiger partial charge on any atom is 0.245 e. The van der Waals surface area contributed by atoms with Gasteiger partial charge in [0.1, 0.15) is 5.52 Å². The number of aryl methyl sites for hydroxylation is 1. The second-order valence-electron chi connectivity index (χ2n) is 8.34. The fourth-order valence-corrected chi connectivity index (χ4v) is 4.34. The monoisotopic (exact) mass is 444 g/mol. The Bertz CT molecular complexity index is 1240. The van der Waals surface area contributed by atoms with Gasteiger partial charge in [0.2, 0.25) is 11.9 Å². The molecule has 2 N–H and O–H groups in total. The van der Waals surface area contributed by atoms with Crippen LogP contribution in [0.5, 0.6) is 0 Å². The van der Waals surface area contributed by atoms with Crippen LogP contribution in [0.2, 0.25) is 0 Å². The third-order valence-corrected chi connectivity index (χ3v) is 6.11. The Morgan fingerprint density at radius 3 is 2.61 bits per heavy atom. The van der Waals surface area contributed by atoms with Gasteiger partial charge < -0.3 is 15.1 Å². The molecule has 9 nitrogen and oxygen atoms in total. The summed E-state index contributed by atoms with van der Waals surface area (Å²) in [6.45, 7) is 6.70. The highest BCUT2D eigenvalue weighted by molar-refractivity contribution is 5.84. The molecule has 0 unspecified atom stereocenters. The van der Waals surface area contributed by atoms with E-state index in [2.05, 4.69) is 27.3 Å². The van der Waals surface area contributed by atoms with Crippen LogP contribution in [0.1, 0.15) is 30.5 Å². The van der Waals surface area contributed by atoms with Crippen molar-refractivity contribution in [2.24, 2.45) is 0 Å². The van der Waals surface area contributed by atoms with Gasteiger partial charge in [-0.15, -0.1) is 5.10 Å². The molecule has 0 aliphatic carbocycles. The molecule has 0 saturated carbocycles. The number of H-pyrrole nitrogens is 1. The molecule has 1 aliphatic heterocycles. The molecule has 1 fully saturated rings. The molecule has 1 saturated heterocycles. The van der Waals surface area contributed by atoms with Crippen LogP contribution < -0.4 is 10.2 Å². The van der Waals surface area contributed by atoms with E-state index in [0.29, 0.717) is 43.8 Å². The SMILES string of the molecule is CC[C@@H](C(=O)N1CCN(c2nc(Nc3cc(C)[nH]n3)c3cccn3n2)CC1)c1ccccc1. The largest absolute Gasteiger partial charge is 0.339 e. The van der Waals surface area contributed by atoms with Gasteiger partial charge in [-0.25, -0.2) is 4.52 Å². The van der Waals surface area contributed by atoms with Crippen molar-refractivity contribution in [2.45, 2.75) is 26.2 Å². The van der Waals surface area contributed by atoms with Gasteiger partial charge in [0, 0.05) is 44.1 Å². The highest BCUT2D eigenvalue weighted by Crippen LogP contribution is 2.25. The van der Waals surface area contributed by atoms with Crippen molar-refractivity contribution in [1.82, 2.24) is 29.7 Å². The van der Waals surface area contributed by atoms with E-state index in [0.717, 1.165) is 23.2 Å². The molecule has 5 rings (SSSR count). The summed E-state index contributed by atoms with van der Waals surface area (Å²) in [7, 11) is 0. The molecule has 1 amide bonds. The van der Waals surface area contributed by atoms with Crippen LogP contribution in [0, 0.1) is 6.92 Å². The molecule has 170 valence electrons.